The summed E-state index contributed by atoms with van der Waals surface area (Å²) in [6.45, 7) is 7.05. The number of nitrogens with one attached hydrogen (secondary N) is 2. The Balaban J connectivity index is 1.82. The van der Waals surface area contributed by atoms with Crippen LogP contribution in [0.5, 0.6) is 0 Å². The number of fused-ring (bicyclic) bond motifs is 1. The Morgan fingerprint density at radius 2 is 1.56 bits per heavy atom. The van der Waals surface area contributed by atoms with Crippen molar-refractivity contribution in [3.63, 3.8) is 0 Å². The van der Waals surface area contributed by atoms with Gasteiger partial charge in [-0.1, -0.05) is 41.5 Å². The van der Waals surface area contributed by atoms with Gasteiger partial charge in [-0.2, -0.15) is 0 Å². The van der Waals surface area contributed by atoms with Crippen molar-refractivity contribution in [2.75, 3.05) is 10.6 Å². The molecule has 0 saturated carbocycles. The molecular weight excluding hydrogens is 428 g/mol. The van der Waals surface area contributed by atoms with Gasteiger partial charge in [0.1, 0.15) is 12.2 Å². The van der Waals surface area contributed by atoms with Crippen molar-refractivity contribution in [3.8, 4) is 11.3 Å². The number of hydrogen-bond acceptors (Lipinski definition) is 4. The summed E-state index contributed by atoms with van der Waals surface area (Å²) in [5.74, 6) is -0.568. The first-order valence-electron chi connectivity index (χ1n) is 11.0. The molecule has 1 aromatic heterocycles. The number of benzene rings is 3. The Hall–Kier alpha value is -4.26. The van der Waals surface area contributed by atoms with Crippen LogP contribution in [-0.4, -0.2) is 21.4 Å². The van der Waals surface area contributed by atoms with E-state index in [1.807, 2.05) is 57.2 Å². The number of anilines is 2. The lowest BCUT2D eigenvalue weighted by Gasteiger charge is -2.15. The number of carbonyl (C=O) groups is 2. The lowest BCUT2D eigenvalue weighted by atomic mass is 10.1. The maximum Gasteiger partial charge on any atom is 0.278 e. The van der Waals surface area contributed by atoms with Gasteiger partial charge in [-0.3, -0.25) is 19.0 Å². The first-order valence-corrected chi connectivity index (χ1v) is 11.0. The number of hydrogen-bond donors (Lipinski definition) is 2. The summed E-state index contributed by atoms with van der Waals surface area (Å²) in [5.41, 5.74) is 5.56. The molecule has 7 heteroatoms. The number of amides is 2. The number of aromatic nitrogens is 2. The Morgan fingerprint density at radius 1 is 0.882 bits per heavy atom. The lowest BCUT2D eigenvalue weighted by Crippen LogP contribution is -2.30. The summed E-state index contributed by atoms with van der Waals surface area (Å²) in [6, 6.07) is 18.4. The van der Waals surface area contributed by atoms with Crippen LogP contribution in [0.1, 0.15) is 23.6 Å². The summed E-state index contributed by atoms with van der Waals surface area (Å²) >= 11 is 0. The van der Waals surface area contributed by atoms with E-state index < -0.39 is 5.56 Å². The Kier molecular flexibility index (Phi) is 6.27. The van der Waals surface area contributed by atoms with Crippen LogP contribution in [0.4, 0.5) is 11.4 Å². The molecule has 34 heavy (non-hydrogen) atoms. The van der Waals surface area contributed by atoms with E-state index >= 15 is 0 Å². The van der Waals surface area contributed by atoms with Crippen LogP contribution in [0.3, 0.4) is 0 Å². The molecule has 0 atom stereocenters. The highest BCUT2D eigenvalue weighted by Crippen LogP contribution is 2.27. The third kappa shape index (κ3) is 4.73. The molecule has 0 radical (unpaired) electrons. The van der Waals surface area contributed by atoms with Crippen LogP contribution < -0.4 is 16.2 Å². The topological polar surface area (TPSA) is 93.1 Å². The Labute approximate surface area is 197 Å². The minimum atomic E-state index is -0.410. The monoisotopic (exact) mass is 454 g/mol. The standard InChI is InChI=1S/C27H26N4O3/c1-16-9-11-21(18(3)13-16)29-25(33)15-31-24-8-6-5-7-23(24)30-26(27(31)34)20-14-17(2)10-12-22(20)28-19(4)32/h5-14H,15H2,1-4H3,(H,28,32)(H,29,33). The van der Waals surface area contributed by atoms with Crippen LogP contribution in [0.2, 0.25) is 0 Å². The molecule has 0 saturated heterocycles. The third-order valence-corrected chi connectivity index (χ3v) is 5.55. The van der Waals surface area contributed by atoms with Crippen LogP contribution in [0, 0.1) is 20.8 Å². The molecule has 2 N–H and O–H groups in total. The second-order valence-corrected chi connectivity index (χ2v) is 8.44. The molecule has 7 nitrogen and oxygen atoms in total. The summed E-state index contributed by atoms with van der Waals surface area (Å²) < 4.78 is 1.43. The van der Waals surface area contributed by atoms with Crippen LogP contribution in [0.25, 0.3) is 22.3 Å². The van der Waals surface area contributed by atoms with Gasteiger partial charge in [0, 0.05) is 18.2 Å². The number of para-hydroxylation sites is 2. The third-order valence-electron chi connectivity index (χ3n) is 5.55. The predicted molar refractivity (Wildman–Crippen MR) is 135 cm³/mol. The van der Waals surface area contributed by atoms with Crippen molar-refractivity contribution in [2.45, 2.75) is 34.2 Å². The fourth-order valence-electron chi connectivity index (χ4n) is 3.96. The van der Waals surface area contributed by atoms with E-state index in [1.165, 1.54) is 11.5 Å². The average Bonchev–Trinajstić information content (AvgIpc) is 2.78. The van der Waals surface area contributed by atoms with E-state index in [2.05, 4.69) is 15.6 Å². The SMILES string of the molecule is CC(=O)Nc1ccc(C)cc1-c1nc2ccccc2n(CC(=O)Nc2ccc(C)cc2C)c1=O. The van der Waals surface area contributed by atoms with E-state index in [9.17, 15) is 14.4 Å². The zero-order valence-electron chi connectivity index (χ0n) is 19.6. The zero-order valence-corrected chi connectivity index (χ0v) is 19.6. The fraction of sp³-hybridized carbons (Fsp3) is 0.185. The minimum Gasteiger partial charge on any atom is -0.326 e. The lowest BCUT2D eigenvalue weighted by molar-refractivity contribution is -0.117. The normalized spacial score (nSPS) is 10.8. The first kappa shape index (κ1) is 22.9. The predicted octanol–water partition coefficient (Wildman–Crippen LogP) is 4.59. The molecule has 0 aliphatic heterocycles. The van der Waals surface area contributed by atoms with Gasteiger partial charge < -0.3 is 10.6 Å². The molecule has 0 aliphatic carbocycles. The van der Waals surface area contributed by atoms with Crippen LogP contribution in [0.15, 0.2) is 65.5 Å². The summed E-state index contributed by atoms with van der Waals surface area (Å²) in [5, 5.41) is 5.68. The smallest absolute Gasteiger partial charge is 0.278 e. The van der Waals surface area contributed by atoms with Gasteiger partial charge in [0.25, 0.3) is 5.56 Å². The maximum absolute atomic E-state index is 13.6. The highest BCUT2D eigenvalue weighted by atomic mass is 16.2. The molecule has 0 aliphatic rings. The molecule has 0 fully saturated rings. The quantitative estimate of drug-likeness (QED) is 0.461. The van der Waals surface area contributed by atoms with Gasteiger partial charge in [-0.15, -0.1) is 0 Å². The van der Waals surface area contributed by atoms with Crippen molar-refractivity contribution >= 4 is 34.2 Å². The minimum absolute atomic E-state index is 0.172. The average molecular weight is 455 g/mol. The van der Waals surface area contributed by atoms with Crippen molar-refractivity contribution in [1.29, 1.82) is 0 Å². The molecule has 4 rings (SSSR count). The van der Waals surface area contributed by atoms with Crippen molar-refractivity contribution in [3.05, 3.63) is 87.7 Å². The second-order valence-electron chi connectivity index (χ2n) is 8.44. The van der Waals surface area contributed by atoms with E-state index in [0.717, 1.165) is 16.7 Å². The summed E-state index contributed by atoms with van der Waals surface area (Å²) in [7, 11) is 0. The fourth-order valence-corrected chi connectivity index (χ4v) is 3.96. The maximum atomic E-state index is 13.6. The Morgan fingerprint density at radius 3 is 2.26 bits per heavy atom. The van der Waals surface area contributed by atoms with Crippen molar-refractivity contribution < 1.29 is 9.59 Å². The molecule has 4 aromatic rings. The van der Waals surface area contributed by atoms with Crippen molar-refractivity contribution in [2.24, 2.45) is 0 Å². The number of carbonyl (C=O) groups excluding carboxylic acids is 2. The molecule has 172 valence electrons. The highest BCUT2D eigenvalue weighted by Gasteiger charge is 2.18. The summed E-state index contributed by atoms with van der Waals surface area (Å²) in [6.07, 6.45) is 0. The molecule has 0 unspecified atom stereocenters. The van der Waals surface area contributed by atoms with Gasteiger partial charge in [-0.25, -0.2) is 4.98 Å². The van der Waals surface area contributed by atoms with E-state index in [4.69, 9.17) is 0 Å². The number of aryl methyl sites for hydroxylation is 3. The number of nitrogens with zero attached hydrogens (tertiary/aromatic N) is 2. The van der Waals surface area contributed by atoms with E-state index in [1.54, 1.807) is 24.3 Å². The van der Waals surface area contributed by atoms with Gasteiger partial charge in [0.05, 0.1) is 16.7 Å². The molecular formula is C27H26N4O3. The second kappa shape index (κ2) is 9.31. The van der Waals surface area contributed by atoms with E-state index in [-0.39, 0.29) is 24.1 Å². The van der Waals surface area contributed by atoms with Gasteiger partial charge in [0.2, 0.25) is 11.8 Å². The summed E-state index contributed by atoms with van der Waals surface area (Å²) in [4.78, 5) is 43.0. The zero-order chi connectivity index (χ0) is 24.4. The van der Waals surface area contributed by atoms with Crippen LogP contribution >= 0.6 is 0 Å². The molecule has 3 aromatic carbocycles. The molecule has 0 bridgehead atoms. The Bertz CT molecular complexity index is 1490. The highest BCUT2D eigenvalue weighted by molar-refractivity contribution is 5.95. The number of rotatable bonds is 5. The van der Waals surface area contributed by atoms with Crippen molar-refractivity contribution in [1.82, 2.24) is 9.55 Å². The molecule has 1 heterocycles. The molecule has 2 amide bonds. The van der Waals surface area contributed by atoms with Gasteiger partial charge in [0.15, 0.2) is 0 Å². The first-order chi connectivity index (χ1) is 16.2. The van der Waals surface area contributed by atoms with Crippen LogP contribution in [-0.2, 0) is 16.1 Å². The van der Waals surface area contributed by atoms with E-state index in [0.29, 0.717) is 28.0 Å². The van der Waals surface area contributed by atoms with Gasteiger partial charge in [-0.05, 0) is 56.7 Å². The van der Waals surface area contributed by atoms with Gasteiger partial charge >= 0.3 is 0 Å². The molecule has 0 spiro atoms. The largest absolute Gasteiger partial charge is 0.326 e.